The molecule has 2 atom stereocenters. The standard InChI is InChI=1S/C31H35ClN6O5/c1-4-5-16-23(28(40)36-24(30(42)43-3)18-21-12-8-6-9-13-21)35-29(41)25(37-27(39)22-14-10-7-11-15-22)19-33-31-34-20(2)17-26(32)38-31/h6-15,17,19,23-24H,4-5,16,18H2,1-3H3,(H,35,41)(H,36,40)(H,37,39)(H,33,34,38)/b25-19-/t23?,24-/m0/s1. The molecule has 4 N–H and O–H groups in total. The summed E-state index contributed by atoms with van der Waals surface area (Å²) in [5, 5.41) is 11.0. The molecule has 226 valence electrons. The van der Waals surface area contributed by atoms with E-state index in [1.54, 1.807) is 43.3 Å². The number of nitrogens with one attached hydrogen (secondary N) is 4. The van der Waals surface area contributed by atoms with Gasteiger partial charge < -0.3 is 26.0 Å². The number of hydrogen-bond donors (Lipinski definition) is 4. The van der Waals surface area contributed by atoms with Gasteiger partial charge in [0.25, 0.3) is 11.8 Å². The minimum absolute atomic E-state index is 0.103. The zero-order chi connectivity index (χ0) is 31.2. The van der Waals surface area contributed by atoms with Crippen LogP contribution in [0, 0.1) is 6.92 Å². The van der Waals surface area contributed by atoms with E-state index in [2.05, 4.69) is 31.2 Å². The lowest BCUT2D eigenvalue weighted by Crippen LogP contribution is -2.53. The SMILES string of the molecule is CCCCC(NC(=O)/C(=C/Nc1nc(C)cc(Cl)n1)NC(=O)c1ccccc1)C(=O)N[C@@H](Cc1ccccc1)C(=O)OC. The Morgan fingerprint density at radius 3 is 2.26 bits per heavy atom. The average molecular weight is 607 g/mol. The summed E-state index contributed by atoms with van der Waals surface area (Å²) in [7, 11) is 1.24. The van der Waals surface area contributed by atoms with Crippen molar-refractivity contribution < 1.29 is 23.9 Å². The molecule has 0 saturated carbocycles. The Labute approximate surface area is 255 Å². The molecular formula is C31H35ClN6O5. The quantitative estimate of drug-likeness (QED) is 0.123. The molecule has 0 fully saturated rings. The fourth-order valence-corrected chi connectivity index (χ4v) is 4.28. The number of carbonyl (C=O) groups excluding carboxylic acids is 4. The third-order valence-electron chi connectivity index (χ3n) is 6.25. The van der Waals surface area contributed by atoms with E-state index in [9.17, 15) is 19.2 Å². The molecule has 0 aliphatic rings. The van der Waals surface area contributed by atoms with Gasteiger partial charge in [0.1, 0.15) is 22.9 Å². The number of aromatic nitrogens is 2. The molecule has 1 unspecified atom stereocenters. The van der Waals surface area contributed by atoms with Crippen molar-refractivity contribution in [2.75, 3.05) is 12.4 Å². The number of rotatable bonds is 14. The number of nitrogens with zero attached hydrogens (tertiary/aromatic N) is 2. The summed E-state index contributed by atoms with van der Waals surface area (Å²) >= 11 is 6.03. The second-order valence-corrected chi connectivity index (χ2v) is 10.0. The molecule has 0 saturated heterocycles. The number of aryl methyl sites for hydroxylation is 1. The Morgan fingerprint density at radius 1 is 0.953 bits per heavy atom. The van der Waals surface area contributed by atoms with Crippen molar-refractivity contribution in [2.45, 2.75) is 51.6 Å². The van der Waals surface area contributed by atoms with E-state index < -0.39 is 35.8 Å². The van der Waals surface area contributed by atoms with E-state index in [1.165, 1.54) is 13.3 Å². The normalized spacial score (nSPS) is 12.4. The molecule has 12 heteroatoms. The van der Waals surface area contributed by atoms with E-state index in [0.29, 0.717) is 17.7 Å². The highest BCUT2D eigenvalue weighted by molar-refractivity contribution is 6.29. The number of carbonyl (C=O) groups is 4. The number of amides is 3. The molecule has 43 heavy (non-hydrogen) atoms. The van der Waals surface area contributed by atoms with Crippen LogP contribution >= 0.6 is 11.6 Å². The number of ether oxygens (including phenoxy) is 1. The van der Waals surface area contributed by atoms with Gasteiger partial charge in [-0.25, -0.2) is 14.8 Å². The summed E-state index contributed by atoms with van der Waals surface area (Å²) in [6.45, 7) is 3.68. The molecule has 11 nitrogen and oxygen atoms in total. The molecule has 3 amide bonds. The maximum absolute atomic E-state index is 13.5. The Balaban J connectivity index is 1.84. The van der Waals surface area contributed by atoms with Crippen molar-refractivity contribution >= 4 is 41.2 Å². The van der Waals surface area contributed by atoms with E-state index in [4.69, 9.17) is 16.3 Å². The fourth-order valence-electron chi connectivity index (χ4n) is 4.04. The summed E-state index contributed by atoms with van der Waals surface area (Å²) in [4.78, 5) is 60.8. The van der Waals surface area contributed by atoms with E-state index in [-0.39, 0.29) is 29.6 Å². The van der Waals surface area contributed by atoms with Gasteiger partial charge in [-0.15, -0.1) is 0 Å². The van der Waals surface area contributed by atoms with Gasteiger partial charge in [-0.05, 0) is 37.1 Å². The molecule has 0 aliphatic carbocycles. The summed E-state index contributed by atoms with van der Waals surface area (Å²) < 4.78 is 4.92. The van der Waals surface area contributed by atoms with E-state index >= 15 is 0 Å². The summed E-state index contributed by atoms with van der Waals surface area (Å²) in [5.74, 6) is -2.37. The summed E-state index contributed by atoms with van der Waals surface area (Å²) in [6, 6.07) is 17.1. The molecule has 0 radical (unpaired) electrons. The third kappa shape index (κ3) is 10.5. The van der Waals surface area contributed by atoms with Crippen molar-refractivity contribution in [3.8, 4) is 0 Å². The molecule has 1 heterocycles. The Morgan fingerprint density at radius 2 is 1.63 bits per heavy atom. The van der Waals surface area contributed by atoms with Gasteiger partial charge in [-0.2, -0.15) is 0 Å². The smallest absolute Gasteiger partial charge is 0.328 e. The van der Waals surface area contributed by atoms with Crippen LogP contribution in [0.25, 0.3) is 0 Å². The fraction of sp³-hybridized carbons (Fsp3) is 0.290. The van der Waals surface area contributed by atoms with Crippen LogP contribution in [0.5, 0.6) is 0 Å². The Kier molecular flexibility index (Phi) is 12.7. The number of hydrogen-bond acceptors (Lipinski definition) is 8. The molecule has 0 spiro atoms. The maximum atomic E-state index is 13.5. The maximum Gasteiger partial charge on any atom is 0.328 e. The van der Waals surface area contributed by atoms with Crippen molar-refractivity contribution in [2.24, 2.45) is 0 Å². The van der Waals surface area contributed by atoms with Crippen LogP contribution in [0.2, 0.25) is 5.15 Å². The Hall–Kier alpha value is -4.77. The summed E-state index contributed by atoms with van der Waals surface area (Å²) in [5.41, 5.74) is 1.53. The molecule has 2 aromatic carbocycles. The molecule has 3 aromatic rings. The number of methoxy groups -OCH3 is 1. The zero-order valence-corrected chi connectivity index (χ0v) is 25.0. The highest BCUT2D eigenvalue weighted by Gasteiger charge is 2.28. The number of benzene rings is 2. The van der Waals surface area contributed by atoms with Crippen LogP contribution in [0.1, 0.15) is 47.8 Å². The first-order valence-corrected chi connectivity index (χ1v) is 14.1. The highest BCUT2D eigenvalue weighted by atomic mass is 35.5. The van der Waals surface area contributed by atoms with Gasteiger partial charge in [0.05, 0.1) is 7.11 Å². The molecule has 0 bridgehead atoms. The van der Waals surface area contributed by atoms with Crippen molar-refractivity contribution in [1.82, 2.24) is 25.9 Å². The molecular weight excluding hydrogens is 572 g/mol. The second-order valence-electron chi connectivity index (χ2n) is 9.62. The lowest BCUT2D eigenvalue weighted by atomic mass is 10.0. The lowest BCUT2D eigenvalue weighted by molar-refractivity contribution is -0.145. The topological polar surface area (TPSA) is 151 Å². The largest absolute Gasteiger partial charge is 0.467 e. The molecule has 3 rings (SSSR count). The van der Waals surface area contributed by atoms with Gasteiger partial charge in [0, 0.05) is 23.9 Å². The first kappa shape index (κ1) is 32.7. The van der Waals surface area contributed by atoms with Gasteiger partial charge in [-0.1, -0.05) is 79.9 Å². The van der Waals surface area contributed by atoms with Crippen LogP contribution in [-0.4, -0.2) is 52.9 Å². The zero-order valence-electron chi connectivity index (χ0n) is 24.2. The lowest BCUT2D eigenvalue weighted by Gasteiger charge is -2.23. The van der Waals surface area contributed by atoms with Crippen molar-refractivity contribution in [3.05, 3.63) is 101 Å². The minimum atomic E-state index is -1.02. The first-order chi connectivity index (χ1) is 20.7. The third-order valence-corrected chi connectivity index (χ3v) is 6.44. The number of anilines is 1. The second kappa shape index (κ2) is 16.6. The van der Waals surface area contributed by atoms with Gasteiger partial charge >= 0.3 is 5.97 Å². The molecule has 0 aliphatic heterocycles. The molecule has 1 aromatic heterocycles. The highest BCUT2D eigenvalue weighted by Crippen LogP contribution is 2.11. The van der Waals surface area contributed by atoms with E-state index in [1.807, 2.05) is 37.3 Å². The number of halogens is 1. The summed E-state index contributed by atoms with van der Waals surface area (Å²) in [6.07, 6.45) is 3.09. The van der Waals surface area contributed by atoms with Gasteiger partial charge in [0.15, 0.2) is 0 Å². The van der Waals surface area contributed by atoms with Crippen molar-refractivity contribution in [1.29, 1.82) is 0 Å². The predicted molar refractivity (Wildman–Crippen MR) is 163 cm³/mol. The minimum Gasteiger partial charge on any atom is -0.467 e. The Bertz CT molecular complexity index is 1410. The number of esters is 1. The van der Waals surface area contributed by atoms with Crippen LogP contribution < -0.4 is 21.3 Å². The first-order valence-electron chi connectivity index (χ1n) is 13.8. The van der Waals surface area contributed by atoms with Gasteiger partial charge in [-0.3, -0.25) is 14.4 Å². The van der Waals surface area contributed by atoms with Crippen LogP contribution in [0.15, 0.2) is 78.6 Å². The predicted octanol–water partition coefficient (Wildman–Crippen LogP) is 3.70. The monoisotopic (exact) mass is 606 g/mol. The van der Waals surface area contributed by atoms with Crippen LogP contribution in [-0.2, 0) is 25.5 Å². The number of unbranched alkanes of at least 4 members (excludes halogenated alkanes) is 1. The van der Waals surface area contributed by atoms with Crippen LogP contribution in [0.3, 0.4) is 0 Å². The van der Waals surface area contributed by atoms with E-state index in [0.717, 1.165) is 12.0 Å². The van der Waals surface area contributed by atoms with Crippen molar-refractivity contribution in [3.63, 3.8) is 0 Å². The average Bonchev–Trinajstić information content (AvgIpc) is 3.00. The van der Waals surface area contributed by atoms with Crippen LogP contribution in [0.4, 0.5) is 5.95 Å². The van der Waals surface area contributed by atoms with Gasteiger partial charge in [0.2, 0.25) is 11.9 Å².